The van der Waals surface area contributed by atoms with Gasteiger partial charge in [0.2, 0.25) is 0 Å². The molecule has 0 aliphatic heterocycles. The Morgan fingerprint density at radius 2 is 1.57 bits per heavy atom. The van der Waals surface area contributed by atoms with Crippen molar-refractivity contribution in [1.82, 2.24) is 14.8 Å². The molecule has 0 aliphatic rings. The van der Waals surface area contributed by atoms with E-state index in [1.54, 1.807) is 12.4 Å². The molecule has 3 nitrogen and oxygen atoms in total. The number of hydrogen-bond acceptors (Lipinski definition) is 2. The quantitative estimate of drug-likeness (QED) is 0.525. The second-order valence-electron chi connectivity index (χ2n) is 6.41. The molecular weight excluding hydrogens is 298 g/mol. The number of benzene rings is 1. The standard InChI is InChI=1S/C19H19N3Si/c1-23(2,3)15-11-16-4-6-18(7-5-16)22-19(10-14-21-22)17-8-12-20-13-9-17/h4-10,12-14H,1-3H3. The van der Waals surface area contributed by atoms with Gasteiger partial charge in [-0.25, -0.2) is 4.68 Å². The molecule has 0 unspecified atom stereocenters. The Bertz CT molecular complexity index is 847. The molecule has 0 fully saturated rings. The van der Waals surface area contributed by atoms with E-state index in [9.17, 15) is 0 Å². The highest BCUT2D eigenvalue weighted by Crippen LogP contribution is 2.21. The van der Waals surface area contributed by atoms with Crippen LogP contribution in [0.2, 0.25) is 19.6 Å². The van der Waals surface area contributed by atoms with E-state index in [-0.39, 0.29) is 0 Å². The SMILES string of the molecule is C[Si](C)(C)C#Cc1ccc(-n2nccc2-c2ccncc2)cc1. The molecule has 4 heteroatoms. The second-order valence-corrected chi connectivity index (χ2v) is 11.2. The van der Waals surface area contributed by atoms with E-state index in [1.807, 2.05) is 29.1 Å². The van der Waals surface area contributed by atoms with E-state index in [0.29, 0.717) is 0 Å². The van der Waals surface area contributed by atoms with Gasteiger partial charge in [0, 0.05) is 23.5 Å². The molecule has 0 atom stereocenters. The van der Waals surface area contributed by atoms with E-state index >= 15 is 0 Å². The number of aromatic nitrogens is 3. The first-order chi connectivity index (χ1) is 11.0. The van der Waals surface area contributed by atoms with Gasteiger partial charge in [0.05, 0.1) is 17.6 Å². The van der Waals surface area contributed by atoms with Gasteiger partial charge in [0.25, 0.3) is 0 Å². The van der Waals surface area contributed by atoms with Gasteiger partial charge < -0.3 is 0 Å². The first-order valence-electron chi connectivity index (χ1n) is 7.61. The minimum Gasteiger partial charge on any atom is -0.265 e. The summed E-state index contributed by atoms with van der Waals surface area (Å²) in [7, 11) is -1.34. The van der Waals surface area contributed by atoms with Gasteiger partial charge >= 0.3 is 0 Å². The van der Waals surface area contributed by atoms with Gasteiger partial charge in [-0.15, -0.1) is 5.54 Å². The number of pyridine rings is 1. The Balaban J connectivity index is 1.92. The Labute approximate surface area is 138 Å². The van der Waals surface area contributed by atoms with E-state index in [0.717, 1.165) is 22.5 Å². The molecule has 0 aliphatic carbocycles. The number of nitrogens with zero attached hydrogens (tertiary/aromatic N) is 3. The molecule has 0 radical (unpaired) electrons. The summed E-state index contributed by atoms with van der Waals surface area (Å²) in [5, 5.41) is 4.44. The fourth-order valence-corrected chi connectivity index (χ4v) is 2.72. The zero-order chi connectivity index (χ0) is 16.3. The zero-order valence-corrected chi connectivity index (χ0v) is 14.6. The molecule has 0 amide bonds. The third-order valence-corrected chi connectivity index (χ3v) is 4.19. The minimum absolute atomic E-state index is 1.03. The van der Waals surface area contributed by atoms with Crippen molar-refractivity contribution in [3.63, 3.8) is 0 Å². The first-order valence-corrected chi connectivity index (χ1v) is 11.1. The normalized spacial score (nSPS) is 10.9. The van der Waals surface area contributed by atoms with Crippen LogP contribution in [0.25, 0.3) is 16.9 Å². The molecule has 0 saturated heterocycles. The summed E-state index contributed by atoms with van der Waals surface area (Å²) in [4.78, 5) is 4.07. The predicted octanol–water partition coefficient (Wildman–Crippen LogP) is 4.16. The summed E-state index contributed by atoms with van der Waals surface area (Å²) in [5.74, 6) is 3.28. The number of rotatable bonds is 2. The summed E-state index contributed by atoms with van der Waals surface area (Å²) in [6.07, 6.45) is 5.40. The van der Waals surface area contributed by atoms with Crippen molar-refractivity contribution < 1.29 is 0 Å². The predicted molar refractivity (Wildman–Crippen MR) is 97.0 cm³/mol. The molecule has 2 heterocycles. The molecule has 0 N–H and O–H groups in total. The zero-order valence-electron chi connectivity index (χ0n) is 13.6. The molecular formula is C19H19N3Si. The lowest BCUT2D eigenvalue weighted by atomic mass is 10.2. The second kappa shape index (κ2) is 6.23. The van der Waals surface area contributed by atoms with Gasteiger partial charge in [-0.2, -0.15) is 5.10 Å². The van der Waals surface area contributed by atoms with E-state index in [4.69, 9.17) is 0 Å². The van der Waals surface area contributed by atoms with E-state index in [2.05, 4.69) is 65.5 Å². The van der Waals surface area contributed by atoms with Gasteiger partial charge in [-0.05, 0) is 42.5 Å². The van der Waals surface area contributed by atoms with Gasteiger partial charge in [-0.1, -0.05) is 25.6 Å². The van der Waals surface area contributed by atoms with Crippen molar-refractivity contribution in [2.45, 2.75) is 19.6 Å². The molecule has 0 saturated carbocycles. The van der Waals surface area contributed by atoms with Crippen LogP contribution in [-0.2, 0) is 0 Å². The summed E-state index contributed by atoms with van der Waals surface area (Å²) in [6.45, 7) is 6.75. The monoisotopic (exact) mass is 317 g/mol. The van der Waals surface area contributed by atoms with Crippen LogP contribution >= 0.6 is 0 Å². The smallest absolute Gasteiger partial charge is 0.129 e. The molecule has 23 heavy (non-hydrogen) atoms. The van der Waals surface area contributed by atoms with Crippen molar-refractivity contribution in [2.75, 3.05) is 0 Å². The van der Waals surface area contributed by atoms with Crippen molar-refractivity contribution in [1.29, 1.82) is 0 Å². The van der Waals surface area contributed by atoms with Crippen LogP contribution in [0.4, 0.5) is 0 Å². The third-order valence-electron chi connectivity index (χ3n) is 3.31. The average Bonchev–Trinajstić information content (AvgIpc) is 3.03. The van der Waals surface area contributed by atoms with Crippen LogP contribution in [0.15, 0.2) is 61.1 Å². The van der Waals surface area contributed by atoms with Crippen molar-refractivity contribution in [2.24, 2.45) is 0 Å². The molecule has 114 valence electrons. The molecule has 3 rings (SSSR count). The lowest BCUT2D eigenvalue weighted by Gasteiger charge is -2.08. The summed E-state index contributed by atoms with van der Waals surface area (Å²) in [5.41, 5.74) is 7.61. The van der Waals surface area contributed by atoms with Crippen LogP contribution in [0.3, 0.4) is 0 Å². The molecule has 2 aromatic heterocycles. The minimum atomic E-state index is -1.34. The van der Waals surface area contributed by atoms with Crippen LogP contribution in [0, 0.1) is 11.5 Å². The Hall–Kier alpha value is -2.64. The van der Waals surface area contributed by atoms with Crippen molar-refractivity contribution in [3.8, 4) is 28.4 Å². The lowest BCUT2D eigenvalue weighted by molar-refractivity contribution is 0.887. The van der Waals surface area contributed by atoms with Crippen LogP contribution in [0.1, 0.15) is 5.56 Å². The van der Waals surface area contributed by atoms with E-state index < -0.39 is 8.07 Å². The largest absolute Gasteiger partial charge is 0.265 e. The topological polar surface area (TPSA) is 30.7 Å². The fraction of sp³-hybridized carbons (Fsp3) is 0.158. The highest BCUT2D eigenvalue weighted by Gasteiger charge is 2.08. The summed E-state index contributed by atoms with van der Waals surface area (Å²) in [6, 6.07) is 14.2. The first kappa shape index (κ1) is 15.3. The molecule has 1 aromatic carbocycles. The highest BCUT2D eigenvalue weighted by molar-refractivity contribution is 6.83. The molecule has 0 spiro atoms. The van der Waals surface area contributed by atoms with Crippen LogP contribution in [0.5, 0.6) is 0 Å². The molecule has 0 bridgehead atoms. The maximum atomic E-state index is 4.44. The van der Waals surface area contributed by atoms with Gasteiger partial charge in [0.15, 0.2) is 0 Å². The van der Waals surface area contributed by atoms with Gasteiger partial charge in [-0.3, -0.25) is 4.98 Å². The van der Waals surface area contributed by atoms with Crippen LogP contribution < -0.4 is 0 Å². The van der Waals surface area contributed by atoms with Crippen molar-refractivity contribution >= 4 is 8.07 Å². The number of hydrogen-bond donors (Lipinski definition) is 0. The average molecular weight is 317 g/mol. The molecule has 3 aromatic rings. The Kier molecular flexibility index (Phi) is 4.13. The fourth-order valence-electron chi connectivity index (χ4n) is 2.20. The maximum Gasteiger partial charge on any atom is 0.129 e. The lowest BCUT2D eigenvalue weighted by Crippen LogP contribution is -2.16. The highest BCUT2D eigenvalue weighted by atomic mass is 28.3. The van der Waals surface area contributed by atoms with Crippen molar-refractivity contribution in [3.05, 3.63) is 66.6 Å². The maximum absolute atomic E-state index is 4.44. The van der Waals surface area contributed by atoms with E-state index in [1.165, 1.54) is 0 Å². The van der Waals surface area contributed by atoms with Gasteiger partial charge in [0.1, 0.15) is 8.07 Å². The third kappa shape index (κ3) is 3.76. The Morgan fingerprint density at radius 1 is 0.870 bits per heavy atom. The summed E-state index contributed by atoms with van der Waals surface area (Å²) < 4.78 is 1.94. The summed E-state index contributed by atoms with van der Waals surface area (Å²) >= 11 is 0. The van der Waals surface area contributed by atoms with Crippen LogP contribution in [-0.4, -0.2) is 22.8 Å². The Morgan fingerprint density at radius 3 is 2.22 bits per heavy atom.